The molecule has 9 heteroatoms. The molecule has 0 aliphatic carbocycles. The van der Waals surface area contributed by atoms with Crippen LogP contribution in [0.15, 0.2) is 22.8 Å². The van der Waals surface area contributed by atoms with E-state index in [1.807, 2.05) is 0 Å². The molecule has 1 unspecified atom stereocenters. The highest BCUT2D eigenvalue weighted by Gasteiger charge is 2.34. The number of nitrogens with zero attached hydrogens (tertiary/aromatic N) is 1. The summed E-state index contributed by atoms with van der Waals surface area (Å²) in [5.74, 6) is -0.427. The number of unbranched alkanes of at least 4 members (excludes halogenated alkanes) is 4. The minimum absolute atomic E-state index is 0.0451. The first-order valence-electron chi connectivity index (χ1n) is 9.69. The lowest BCUT2D eigenvalue weighted by Gasteiger charge is -2.16. The molecule has 1 saturated heterocycles. The van der Waals surface area contributed by atoms with Crippen LogP contribution in [0.1, 0.15) is 57.6 Å². The van der Waals surface area contributed by atoms with Gasteiger partial charge in [0.05, 0.1) is 18.7 Å². The van der Waals surface area contributed by atoms with E-state index < -0.39 is 5.92 Å². The Kier molecular flexibility index (Phi) is 8.93. The topological polar surface area (TPSA) is 104 Å². The summed E-state index contributed by atoms with van der Waals surface area (Å²) in [6.07, 6.45) is 7.37. The maximum absolute atomic E-state index is 12.3. The number of carbonyl (C=O) groups is 3. The van der Waals surface area contributed by atoms with E-state index in [0.29, 0.717) is 25.3 Å². The highest BCUT2D eigenvalue weighted by Crippen LogP contribution is 2.20. The Morgan fingerprint density at radius 1 is 1.25 bits per heavy atom. The molecular weight excluding hydrogens is 380 g/mol. The molecule has 0 aromatic carbocycles. The van der Waals surface area contributed by atoms with Crippen LogP contribution in [0.2, 0.25) is 0 Å². The van der Waals surface area contributed by atoms with Gasteiger partial charge in [-0.2, -0.15) is 0 Å². The summed E-state index contributed by atoms with van der Waals surface area (Å²) in [6.45, 7) is 2.79. The van der Waals surface area contributed by atoms with Gasteiger partial charge >= 0.3 is 0 Å². The van der Waals surface area contributed by atoms with Gasteiger partial charge in [-0.15, -0.1) is 0 Å². The lowest BCUT2D eigenvalue weighted by Crippen LogP contribution is -2.50. The summed E-state index contributed by atoms with van der Waals surface area (Å²) in [7, 11) is 0. The van der Waals surface area contributed by atoms with Crippen molar-refractivity contribution in [3.63, 3.8) is 0 Å². The van der Waals surface area contributed by atoms with Crippen LogP contribution in [0, 0.1) is 5.92 Å². The average molecular weight is 409 g/mol. The molecule has 1 fully saturated rings. The molecule has 0 saturated carbocycles. The second-order valence-corrected chi connectivity index (χ2v) is 7.32. The SMILES string of the molecule is CCCCCCCC(=O)NC(=S)NNC(=O)C1CC(=O)N(Cc2ccco2)C1. The van der Waals surface area contributed by atoms with Gasteiger partial charge in [0.1, 0.15) is 5.76 Å². The van der Waals surface area contributed by atoms with Gasteiger partial charge in [0.15, 0.2) is 5.11 Å². The summed E-state index contributed by atoms with van der Waals surface area (Å²) >= 11 is 5.02. The van der Waals surface area contributed by atoms with Gasteiger partial charge in [-0.3, -0.25) is 25.2 Å². The van der Waals surface area contributed by atoms with Gasteiger partial charge in [0.2, 0.25) is 17.7 Å². The van der Waals surface area contributed by atoms with Gasteiger partial charge in [0, 0.05) is 19.4 Å². The fourth-order valence-corrected chi connectivity index (χ4v) is 3.19. The van der Waals surface area contributed by atoms with Crippen LogP contribution in [-0.4, -0.2) is 34.3 Å². The quantitative estimate of drug-likeness (QED) is 0.328. The zero-order valence-corrected chi connectivity index (χ0v) is 17.0. The molecule has 3 N–H and O–H groups in total. The third-order valence-electron chi connectivity index (χ3n) is 4.57. The van der Waals surface area contributed by atoms with Crippen LogP contribution in [0.3, 0.4) is 0 Å². The molecule has 1 aromatic rings. The van der Waals surface area contributed by atoms with Gasteiger partial charge in [-0.1, -0.05) is 32.6 Å². The zero-order chi connectivity index (χ0) is 20.4. The first-order valence-corrected chi connectivity index (χ1v) is 10.1. The van der Waals surface area contributed by atoms with Crippen molar-refractivity contribution in [1.29, 1.82) is 0 Å². The Balaban J connectivity index is 1.64. The van der Waals surface area contributed by atoms with Crippen LogP contribution in [-0.2, 0) is 20.9 Å². The smallest absolute Gasteiger partial charge is 0.243 e. The Labute approximate surface area is 170 Å². The first kappa shape index (κ1) is 21.9. The summed E-state index contributed by atoms with van der Waals surface area (Å²) < 4.78 is 5.24. The Morgan fingerprint density at radius 2 is 2.04 bits per heavy atom. The highest BCUT2D eigenvalue weighted by molar-refractivity contribution is 7.80. The Morgan fingerprint density at radius 3 is 2.75 bits per heavy atom. The number of hydrogen-bond donors (Lipinski definition) is 3. The number of hydrazine groups is 1. The van der Waals surface area contributed by atoms with Gasteiger partial charge in [-0.25, -0.2) is 0 Å². The van der Waals surface area contributed by atoms with E-state index in [4.69, 9.17) is 16.6 Å². The average Bonchev–Trinajstić information content (AvgIpc) is 3.30. The Bertz CT molecular complexity index is 677. The fraction of sp³-hybridized carbons (Fsp3) is 0.579. The Hall–Kier alpha value is -2.42. The number of carbonyl (C=O) groups excluding carboxylic acids is 3. The molecule has 1 aliphatic rings. The number of thiocarbonyl (C=S) groups is 1. The number of likely N-dealkylation sites (tertiary alicyclic amines) is 1. The molecule has 0 bridgehead atoms. The normalized spacial score (nSPS) is 16.1. The van der Waals surface area contributed by atoms with Crippen molar-refractivity contribution in [1.82, 2.24) is 21.1 Å². The van der Waals surface area contributed by atoms with Crippen LogP contribution in [0.25, 0.3) is 0 Å². The summed E-state index contributed by atoms with van der Waals surface area (Å²) in [5, 5.41) is 2.59. The van der Waals surface area contributed by atoms with Crippen molar-refractivity contribution in [2.75, 3.05) is 6.54 Å². The molecular formula is C19H28N4O4S. The number of furan rings is 1. The van der Waals surface area contributed by atoms with Crippen LogP contribution < -0.4 is 16.2 Å². The number of hydrogen-bond acceptors (Lipinski definition) is 5. The molecule has 0 radical (unpaired) electrons. The van der Waals surface area contributed by atoms with E-state index in [2.05, 4.69) is 23.1 Å². The second-order valence-electron chi connectivity index (χ2n) is 6.91. The maximum Gasteiger partial charge on any atom is 0.243 e. The van der Waals surface area contributed by atoms with Crippen molar-refractivity contribution in [3.05, 3.63) is 24.2 Å². The molecule has 8 nitrogen and oxygen atoms in total. The molecule has 2 heterocycles. The monoisotopic (exact) mass is 408 g/mol. The van der Waals surface area contributed by atoms with Gasteiger partial charge < -0.3 is 14.6 Å². The largest absolute Gasteiger partial charge is 0.467 e. The van der Waals surface area contributed by atoms with Crippen molar-refractivity contribution in [3.8, 4) is 0 Å². The lowest BCUT2D eigenvalue weighted by molar-refractivity contribution is -0.129. The van der Waals surface area contributed by atoms with Gasteiger partial charge in [-0.05, 0) is 30.8 Å². The lowest BCUT2D eigenvalue weighted by atomic mass is 10.1. The number of nitrogens with one attached hydrogen (secondary N) is 3. The molecule has 0 spiro atoms. The van der Waals surface area contributed by atoms with Crippen molar-refractivity contribution in [2.24, 2.45) is 5.92 Å². The van der Waals surface area contributed by atoms with Crippen LogP contribution in [0.5, 0.6) is 0 Å². The van der Waals surface area contributed by atoms with Gasteiger partial charge in [0.25, 0.3) is 0 Å². The number of rotatable bonds is 9. The minimum Gasteiger partial charge on any atom is -0.467 e. The van der Waals surface area contributed by atoms with E-state index in [-0.39, 0.29) is 29.3 Å². The summed E-state index contributed by atoms with van der Waals surface area (Å²) in [5.41, 5.74) is 4.99. The van der Waals surface area contributed by atoms with Crippen molar-refractivity contribution < 1.29 is 18.8 Å². The van der Waals surface area contributed by atoms with E-state index in [9.17, 15) is 14.4 Å². The van der Waals surface area contributed by atoms with Crippen molar-refractivity contribution >= 4 is 35.1 Å². The predicted octanol–water partition coefficient (Wildman–Crippen LogP) is 2.01. The minimum atomic E-state index is -0.480. The van der Waals surface area contributed by atoms with Crippen LogP contribution >= 0.6 is 12.2 Å². The third-order valence-corrected chi connectivity index (χ3v) is 4.78. The standard InChI is InChI=1S/C19H28N4O4S/c1-2-3-4-5-6-9-16(24)20-19(28)22-21-18(26)14-11-17(25)23(12-14)13-15-8-7-10-27-15/h7-8,10,14H,2-6,9,11-13H2,1H3,(H,21,26)(H2,20,22,24,28). The molecule has 2 rings (SSSR count). The molecule has 28 heavy (non-hydrogen) atoms. The predicted molar refractivity (Wildman–Crippen MR) is 108 cm³/mol. The van der Waals surface area contributed by atoms with Crippen molar-refractivity contribution in [2.45, 2.75) is 58.4 Å². The molecule has 1 atom stereocenters. The number of amides is 3. The van der Waals surface area contributed by atoms with E-state index >= 15 is 0 Å². The highest BCUT2D eigenvalue weighted by atomic mass is 32.1. The zero-order valence-electron chi connectivity index (χ0n) is 16.2. The molecule has 1 aromatic heterocycles. The fourth-order valence-electron chi connectivity index (χ4n) is 3.02. The summed E-state index contributed by atoms with van der Waals surface area (Å²) in [6, 6.07) is 3.54. The maximum atomic E-state index is 12.3. The molecule has 1 aliphatic heterocycles. The van der Waals surface area contributed by atoms with E-state index in [0.717, 1.165) is 25.7 Å². The van der Waals surface area contributed by atoms with Crippen LogP contribution in [0.4, 0.5) is 0 Å². The third kappa shape index (κ3) is 7.30. The molecule has 3 amide bonds. The first-order chi connectivity index (χ1) is 13.5. The van der Waals surface area contributed by atoms with E-state index in [1.54, 1.807) is 23.3 Å². The van der Waals surface area contributed by atoms with E-state index in [1.165, 1.54) is 6.42 Å². The second kappa shape index (κ2) is 11.4. The molecule has 154 valence electrons. The summed E-state index contributed by atoms with van der Waals surface area (Å²) in [4.78, 5) is 37.7.